The van der Waals surface area contributed by atoms with Gasteiger partial charge in [-0.1, -0.05) is 6.07 Å². The van der Waals surface area contributed by atoms with Crippen molar-refractivity contribution in [2.45, 2.75) is 13.5 Å². The first-order valence-electron chi connectivity index (χ1n) is 4.47. The highest BCUT2D eigenvalue weighted by atomic mass is 19.1. The highest BCUT2D eigenvalue weighted by Gasteiger charge is 2.02. The Balaban J connectivity index is 2.57. The molecule has 1 rings (SSSR count). The quantitative estimate of drug-likeness (QED) is 0.579. The summed E-state index contributed by atoms with van der Waals surface area (Å²) < 4.78 is 23.2. The van der Waals surface area contributed by atoms with Crippen molar-refractivity contribution in [3.8, 4) is 5.75 Å². The third-order valence-electron chi connectivity index (χ3n) is 1.76. The van der Waals surface area contributed by atoms with Crippen molar-refractivity contribution < 1.29 is 13.9 Å². The van der Waals surface area contributed by atoms with Gasteiger partial charge in [-0.05, 0) is 13.0 Å². The van der Waals surface area contributed by atoms with E-state index in [9.17, 15) is 4.39 Å². The molecule has 0 fully saturated rings. The zero-order valence-electron chi connectivity index (χ0n) is 8.13. The molecular formula is C10H14FNO2. The second kappa shape index (κ2) is 5.57. The van der Waals surface area contributed by atoms with Crippen LogP contribution in [0.5, 0.6) is 5.75 Å². The van der Waals surface area contributed by atoms with E-state index in [-0.39, 0.29) is 19.2 Å². The Morgan fingerprint density at radius 1 is 1.43 bits per heavy atom. The van der Waals surface area contributed by atoms with Crippen LogP contribution in [0.15, 0.2) is 18.2 Å². The SMILES string of the molecule is CCOCOc1ccc(CN)c(F)c1. The summed E-state index contributed by atoms with van der Waals surface area (Å²) in [5.74, 6) is 0.106. The van der Waals surface area contributed by atoms with Crippen molar-refractivity contribution >= 4 is 0 Å². The van der Waals surface area contributed by atoms with Crippen LogP contribution in [0.2, 0.25) is 0 Å². The maximum Gasteiger partial charge on any atom is 0.189 e. The summed E-state index contributed by atoms with van der Waals surface area (Å²) in [7, 11) is 0. The summed E-state index contributed by atoms with van der Waals surface area (Å²) >= 11 is 0. The van der Waals surface area contributed by atoms with Crippen LogP contribution in [0, 0.1) is 5.82 Å². The summed E-state index contributed by atoms with van der Waals surface area (Å²) in [5, 5.41) is 0. The Kier molecular flexibility index (Phi) is 4.35. The van der Waals surface area contributed by atoms with Crippen LogP contribution in [0.4, 0.5) is 4.39 Å². The van der Waals surface area contributed by atoms with Crippen LogP contribution >= 0.6 is 0 Å². The third-order valence-corrected chi connectivity index (χ3v) is 1.76. The molecule has 0 radical (unpaired) electrons. The topological polar surface area (TPSA) is 44.5 Å². The number of hydrogen-bond donors (Lipinski definition) is 1. The maximum absolute atomic E-state index is 13.2. The summed E-state index contributed by atoms with van der Waals surface area (Å²) in [6.07, 6.45) is 0. The number of ether oxygens (including phenoxy) is 2. The molecule has 0 unspecified atom stereocenters. The van der Waals surface area contributed by atoms with Gasteiger partial charge in [0.15, 0.2) is 6.79 Å². The van der Waals surface area contributed by atoms with Gasteiger partial charge in [0.05, 0.1) is 0 Å². The summed E-state index contributed by atoms with van der Waals surface area (Å²) in [6.45, 7) is 2.76. The predicted octanol–water partition coefficient (Wildman–Crippen LogP) is 1.66. The van der Waals surface area contributed by atoms with E-state index in [1.54, 1.807) is 12.1 Å². The Hall–Kier alpha value is -1.13. The van der Waals surface area contributed by atoms with E-state index >= 15 is 0 Å². The number of halogens is 1. The molecule has 0 amide bonds. The van der Waals surface area contributed by atoms with Crippen molar-refractivity contribution in [1.82, 2.24) is 0 Å². The standard InChI is InChI=1S/C10H14FNO2/c1-2-13-7-14-9-4-3-8(6-12)10(11)5-9/h3-5H,2,6-7,12H2,1H3. The van der Waals surface area contributed by atoms with Gasteiger partial charge in [0.2, 0.25) is 0 Å². The van der Waals surface area contributed by atoms with Gasteiger partial charge in [0, 0.05) is 24.8 Å². The molecule has 4 heteroatoms. The molecule has 2 N–H and O–H groups in total. The van der Waals surface area contributed by atoms with Gasteiger partial charge < -0.3 is 15.2 Å². The van der Waals surface area contributed by atoms with Crippen LogP contribution in [-0.2, 0) is 11.3 Å². The lowest BCUT2D eigenvalue weighted by molar-refractivity contribution is 0.0222. The largest absolute Gasteiger partial charge is 0.467 e. The summed E-state index contributed by atoms with van der Waals surface area (Å²) in [6, 6.07) is 4.59. The smallest absolute Gasteiger partial charge is 0.189 e. The molecule has 14 heavy (non-hydrogen) atoms. The first-order valence-corrected chi connectivity index (χ1v) is 4.47. The Morgan fingerprint density at radius 2 is 2.21 bits per heavy atom. The number of hydrogen-bond acceptors (Lipinski definition) is 3. The van der Waals surface area contributed by atoms with Gasteiger partial charge in [0.1, 0.15) is 11.6 Å². The predicted molar refractivity (Wildman–Crippen MR) is 51.4 cm³/mol. The summed E-state index contributed by atoms with van der Waals surface area (Å²) in [4.78, 5) is 0. The molecule has 0 aliphatic carbocycles. The van der Waals surface area contributed by atoms with Crippen molar-refractivity contribution in [1.29, 1.82) is 0 Å². The van der Waals surface area contributed by atoms with Crippen LogP contribution in [-0.4, -0.2) is 13.4 Å². The minimum absolute atomic E-state index is 0.137. The zero-order chi connectivity index (χ0) is 10.4. The average molecular weight is 199 g/mol. The van der Waals surface area contributed by atoms with E-state index in [1.165, 1.54) is 6.07 Å². The van der Waals surface area contributed by atoms with E-state index in [2.05, 4.69) is 0 Å². The first kappa shape index (κ1) is 10.9. The summed E-state index contributed by atoms with van der Waals surface area (Å²) in [5.41, 5.74) is 5.80. The Labute approximate surface area is 82.6 Å². The fourth-order valence-electron chi connectivity index (χ4n) is 0.976. The highest BCUT2D eigenvalue weighted by Crippen LogP contribution is 2.16. The van der Waals surface area contributed by atoms with Crippen LogP contribution in [0.3, 0.4) is 0 Å². The molecule has 0 aliphatic heterocycles. The number of nitrogens with two attached hydrogens (primary N) is 1. The fourth-order valence-corrected chi connectivity index (χ4v) is 0.976. The van der Waals surface area contributed by atoms with E-state index in [0.29, 0.717) is 17.9 Å². The molecule has 0 bridgehead atoms. The normalized spacial score (nSPS) is 10.2. The maximum atomic E-state index is 13.2. The highest BCUT2D eigenvalue weighted by molar-refractivity contribution is 5.28. The molecule has 0 spiro atoms. The van der Waals surface area contributed by atoms with Crippen LogP contribution in [0.1, 0.15) is 12.5 Å². The Morgan fingerprint density at radius 3 is 2.79 bits per heavy atom. The molecule has 0 saturated carbocycles. The van der Waals surface area contributed by atoms with Crippen molar-refractivity contribution in [2.75, 3.05) is 13.4 Å². The molecular weight excluding hydrogens is 185 g/mol. The van der Waals surface area contributed by atoms with Gasteiger partial charge in [-0.15, -0.1) is 0 Å². The molecule has 0 atom stereocenters. The van der Waals surface area contributed by atoms with Crippen molar-refractivity contribution in [2.24, 2.45) is 5.73 Å². The van der Waals surface area contributed by atoms with Crippen molar-refractivity contribution in [3.63, 3.8) is 0 Å². The van der Waals surface area contributed by atoms with E-state index < -0.39 is 0 Å². The lowest BCUT2D eigenvalue weighted by atomic mass is 10.2. The lowest BCUT2D eigenvalue weighted by Gasteiger charge is -2.07. The number of rotatable bonds is 5. The van der Waals surface area contributed by atoms with E-state index in [1.807, 2.05) is 6.92 Å². The molecule has 1 aromatic carbocycles. The van der Waals surface area contributed by atoms with Crippen molar-refractivity contribution in [3.05, 3.63) is 29.6 Å². The second-order valence-corrected chi connectivity index (χ2v) is 2.71. The Bertz CT molecular complexity index is 291. The first-order chi connectivity index (χ1) is 6.77. The molecule has 0 saturated heterocycles. The molecule has 1 aromatic rings. The van der Waals surface area contributed by atoms with Gasteiger partial charge in [0.25, 0.3) is 0 Å². The van der Waals surface area contributed by atoms with Gasteiger partial charge in [-0.25, -0.2) is 4.39 Å². The van der Waals surface area contributed by atoms with Gasteiger partial charge >= 0.3 is 0 Å². The van der Waals surface area contributed by atoms with E-state index in [4.69, 9.17) is 15.2 Å². The van der Waals surface area contributed by atoms with Gasteiger partial charge in [-0.3, -0.25) is 0 Å². The minimum atomic E-state index is -0.346. The van der Waals surface area contributed by atoms with Crippen LogP contribution in [0.25, 0.3) is 0 Å². The number of benzene rings is 1. The monoisotopic (exact) mass is 199 g/mol. The molecule has 0 aromatic heterocycles. The van der Waals surface area contributed by atoms with Gasteiger partial charge in [-0.2, -0.15) is 0 Å². The second-order valence-electron chi connectivity index (χ2n) is 2.71. The molecule has 78 valence electrons. The van der Waals surface area contributed by atoms with Crippen LogP contribution < -0.4 is 10.5 Å². The molecule has 0 aliphatic rings. The third kappa shape index (κ3) is 2.97. The molecule has 3 nitrogen and oxygen atoms in total. The zero-order valence-corrected chi connectivity index (χ0v) is 8.13. The average Bonchev–Trinajstić information content (AvgIpc) is 2.18. The molecule has 0 heterocycles. The minimum Gasteiger partial charge on any atom is -0.467 e. The lowest BCUT2D eigenvalue weighted by Crippen LogP contribution is -2.04. The fraction of sp³-hybridized carbons (Fsp3) is 0.400. The van der Waals surface area contributed by atoms with E-state index in [0.717, 1.165) is 0 Å².